The van der Waals surface area contributed by atoms with Gasteiger partial charge in [-0.1, -0.05) is 30.3 Å². The molecule has 1 aromatic carbocycles. The van der Waals surface area contributed by atoms with E-state index >= 15 is 0 Å². The Labute approximate surface area is 136 Å². The minimum Gasteiger partial charge on any atom is -0.397 e. The average Bonchev–Trinajstić information content (AvgIpc) is 2.91. The number of aryl methyl sites for hydroxylation is 1. The molecular formula is C13H15ClN4OS2. The fourth-order valence-corrected chi connectivity index (χ4v) is 3.34. The van der Waals surface area contributed by atoms with Crippen LogP contribution in [0.25, 0.3) is 0 Å². The highest BCUT2D eigenvalue weighted by Crippen LogP contribution is 2.23. The fourth-order valence-electron chi connectivity index (χ4n) is 1.52. The Morgan fingerprint density at radius 2 is 2.33 bits per heavy atom. The first-order valence-electron chi connectivity index (χ1n) is 6.38. The van der Waals surface area contributed by atoms with Gasteiger partial charge < -0.3 is 11.1 Å². The zero-order valence-electron chi connectivity index (χ0n) is 11.4. The quantitative estimate of drug-likeness (QED) is 0.620. The van der Waals surface area contributed by atoms with Crippen LogP contribution in [-0.2, 0) is 11.2 Å². The number of hydrogen-bond acceptors (Lipinski definition) is 6. The smallest absolute Gasteiger partial charge is 0.225 e. The van der Waals surface area contributed by atoms with Crippen molar-refractivity contribution in [2.45, 2.75) is 24.1 Å². The third kappa shape index (κ3) is 4.87. The van der Waals surface area contributed by atoms with Gasteiger partial charge in [0.2, 0.25) is 5.91 Å². The van der Waals surface area contributed by atoms with E-state index in [9.17, 15) is 4.79 Å². The van der Waals surface area contributed by atoms with Gasteiger partial charge in [0.1, 0.15) is 5.82 Å². The van der Waals surface area contributed by atoms with Gasteiger partial charge in [-0.2, -0.15) is 4.37 Å². The van der Waals surface area contributed by atoms with Crippen molar-refractivity contribution in [1.82, 2.24) is 9.36 Å². The lowest BCUT2D eigenvalue weighted by atomic mass is 10.2. The third-order valence-electron chi connectivity index (χ3n) is 2.60. The number of anilines is 2. The third-order valence-corrected chi connectivity index (χ3v) is 4.82. The lowest BCUT2D eigenvalue weighted by molar-refractivity contribution is -0.115. The number of thioether (sulfide) groups is 1. The van der Waals surface area contributed by atoms with Crippen LogP contribution >= 0.6 is 34.9 Å². The normalized spacial score (nSPS) is 10.6. The van der Waals surface area contributed by atoms with E-state index in [1.54, 1.807) is 18.2 Å². The van der Waals surface area contributed by atoms with Crippen LogP contribution in [0, 0.1) is 0 Å². The van der Waals surface area contributed by atoms with Gasteiger partial charge in [-0.05, 0) is 29.7 Å². The van der Waals surface area contributed by atoms with Crippen molar-refractivity contribution in [1.29, 1.82) is 0 Å². The molecule has 0 saturated carbocycles. The first-order valence-corrected chi connectivity index (χ1v) is 8.52. The molecule has 0 fully saturated rings. The Hall–Kier alpha value is -1.31. The zero-order chi connectivity index (χ0) is 15.2. The van der Waals surface area contributed by atoms with Crippen LogP contribution in [0.1, 0.15) is 19.2 Å². The Balaban J connectivity index is 1.78. The van der Waals surface area contributed by atoms with Gasteiger partial charge in [0.15, 0.2) is 4.34 Å². The molecule has 2 aromatic rings. The molecule has 112 valence electrons. The number of carbonyl (C=O) groups is 1. The summed E-state index contributed by atoms with van der Waals surface area (Å²) in [6.07, 6.45) is 1.23. The molecule has 0 bridgehead atoms. The zero-order valence-corrected chi connectivity index (χ0v) is 13.8. The molecule has 1 heterocycles. The average molecular weight is 343 g/mol. The molecule has 3 N–H and O–H groups in total. The molecule has 21 heavy (non-hydrogen) atoms. The molecule has 1 aromatic heterocycles. The van der Waals surface area contributed by atoms with E-state index in [4.69, 9.17) is 17.3 Å². The lowest BCUT2D eigenvalue weighted by Gasteiger charge is -2.06. The number of nitrogens with zero attached hydrogens (tertiary/aromatic N) is 2. The summed E-state index contributed by atoms with van der Waals surface area (Å²) in [5.74, 6) is 1.45. The van der Waals surface area contributed by atoms with E-state index in [0.29, 0.717) is 28.6 Å². The van der Waals surface area contributed by atoms with Crippen LogP contribution in [0.2, 0.25) is 5.02 Å². The second-order valence-corrected chi connectivity index (χ2v) is 6.71. The van der Waals surface area contributed by atoms with E-state index in [0.717, 1.165) is 16.6 Å². The second-order valence-electron chi connectivity index (χ2n) is 4.21. The molecule has 0 radical (unpaired) electrons. The highest BCUT2D eigenvalue weighted by atomic mass is 35.5. The Bertz CT molecular complexity index is 632. The van der Waals surface area contributed by atoms with E-state index < -0.39 is 0 Å². The number of nitrogens with one attached hydrogen (secondary N) is 1. The summed E-state index contributed by atoms with van der Waals surface area (Å²) in [6, 6.07) is 5.03. The molecule has 0 aliphatic carbocycles. The van der Waals surface area contributed by atoms with E-state index in [1.807, 2.05) is 6.92 Å². The molecule has 1 amide bonds. The van der Waals surface area contributed by atoms with Crippen LogP contribution in [0.15, 0.2) is 22.5 Å². The highest BCUT2D eigenvalue weighted by molar-refractivity contribution is 8.00. The maximum atomic E-state index is 11.8. The molecule has 0 spiro atoms. The monoisotopic (exact) mass is 342 g/mol. The van der Waals surface area contributed by atoms with Crippen molar-refractivity contribution < 1.29 is 4.79 Å². The van der Waals surface area contributed by atoms with Crippen molar-refractivity contribution >= 4 is 52.2 Å². The molecule has 8 heteroatoms. The summed E-state index contributed by atoms with van der Waals surface area (Å²) in [5.41, 5.74) is 6.78. The predicted octanol–water partition coefficient (Wildman–Crippen LogP) is 3.46. The Morgan fingerprint density at radius 3 is 3.00 bits per heavy atom. The molecule has 0 aliphatic heterocycles. The molecule has 0 aliphatic rings. The minimum atomic E-state index is -0.0653. The van der Waals surface area contributed by atoms with E-state index in [-0.39, 0.29) is 5.91 Å². The van der Waals surface area contributed by atoms with Crippen LogP contribution in [0.3, 0.4) is 0 Å². The number of carbonyl (C=O) groups excluding carboxylic acids is 1. The number of nitrogens with two attached hydrogens (primary N) is 1. The topological polar surface area (TPSA) is 80.9 Å². The summed E-state index contributed by atoms with van der Waals surface area (Å²) in [4.78, 5) is 16.2. The standard InChI is InChI=1S/C13H15ClN4OS2/c1-2-11-17-13(21-18-11)20-6-5-12(19)16-8-3-4-9(14)10(15)7-8/h3-4,7H,2,5-6,15H2,1H3,(H,16,19). The van der Waals surface area contributed by atoms with Crippen molar-refractivity contribution in [2.75, 3.05) is 16.8 Å². The SMILES string of the molecule is CCc1nsc(SCCC(=O)Nc2ccc(Cl)c(N)c2)n1. The van der Waals surface area contributed by atoms with E-state index in [1.165, 1.54) is 23.3 Å². The Morgan fingerprint density at radius 1 is 1.52 bits per heavy atom. The molecule has 0 unspecified atom stereocenters. The highest BCUT2D eigenvalue weighted by Gasteiger charge is 2.07. The van der Waals surface area contributed by atoms with Crippen LogP contribution < -0.4 is 11.1 Å². The summed E-state index contributed by atoms with van der Waals surface area (Å²) in [5, 5.41) is 3.27. The summed E-state index contributed by atoms with van der Waals surface area (Å²) < 4.78 is 5.10. The fraction of sp³-hybridized carbons (Fsp3) is 0.308. The van der Waals surface area contributed by atoms with Gasteiger partial charge in [-0.15, -0.1) is 0 Å². The number of hydrogen-bond donors (Lipinski definition) is 2. The van der Waals surface area contributed by atoms with Gasteiger partial charge in [0.05, 0.1) is 10.7 Å². The summed E-state index contributed by atoms with van der Waals surface area (Å²) in [6.45, 7) is 2.02. The van der Waals surface area contributed by atoms with Gasteiger partial charge in [0.25, 0.3) is 0 Å². The van der Waals surface area contributed by atoms with Crippen LogP contribution in [-0.4, -0.2) is 21.0 Å². The van der Waals surface area contributed by atoms with Gasteiger partial charge in [0, 0.05) is 24.3 Å². The van der Waals surface area contributed by atoms with Crippen molar-refractivity contribution in [3.63, 3.8) is 0 Å². The Kier molecular flexibility index (Phi) is 5.84. The number of amides is 1. The largest absolute Gasteiger partial charge is 0.397 e. The summed E-state index contributed by atoms with van der Waals surface area (Å²) in [7, 11) is 0. The van der Waals surface area contributed by atoms with Crippen molar-refractivity contribution in [2.24, 2.45) is 0 Å². The maximum Gasteiger partial charge on any atom is 0.225 e. The molecule has 0 saturated heterocycles. The molecular weight excluding hydrogens is 328 g/mol. The number of benzene rings is 1. The van der Waals surface area contributed by atoms with Gasteiger partial charge >= 0.3 is 0 Å². The molecule has 5 nitrogen and oxygen atoms in total. The van der Waals surface area contributed by atoms with Gasteiger partial charge in [-0.25, -0.2) is 4.98 Å². The lowest BCUT2D eigenvalue weighted by Crippen LogP contribution is -2.12. The van der Waals surface area contributed by atoms with Gasteiger partial charge in [-0.3, -0.25) is 4.79 Å². The minimum absolute atomic E-state index is 0.0653. The van der Waals surface area contributed by atoms with E-state index in [2.05, 4.69) is 14.7 Å². The van der Waals surface area contributed by atoms with Crippen LogP contribution in [0.5, 0.6) is 0 Å². The van der Waals surface area contributed by atoms with Crippen molar-refractivity contribution in [3.05, 3.63) is 29.0 Å². The number of rotatable bonds is 6. The molecule has 2 rings (SSSR count). The summed E-state index contributed by atoms with van der Waals surface area (Å²) >= 11 is 8.74. The second kappa shape index (κ2) is 7.63. The molecule has 0 atom stereocenters. The number of nitrogen functional groups attached to an aromatic ring is 1. The maximum absolute atomic E-state index is 11.8. The van der Waals surface area contributed by atoms with Crippen LogP contribution in [0.4, 0.5) is 11.4 Å². The number of halogens is 1. The predicted molar refractivity (Wildman–Crippen MR) is 89.1 cm³/mol. The van der Waals surface area contributed by atoms with Crippen molar-refractivity contribution in [3.8, 4) is 0 Å². The number of aromatic nitrogens is 2. The first-order chi connectivity index (χ1) is 10.1. The first kappa shape index (κ1) is 16.1.